The SMILES string of the molecule is CCCC(O)CN.CCCCCN.NCC(O)c1ccccc1.NCCC1=CCCC1.NCCC1CCCC1.NCCC1CCCCC1.NCCc1ccc(Cl)cc1.NCCc1ccc(F)cc1.NCCc1ccc(N)cc1.NCCc1ccccc1.NCCc1ccccc1F.NCCc1cccnc1. The number of nitrogen functional groups attached to an aromatic ring is 1. The molecule has 2 saturated carbocycles. The highest BCUT2D eigenvalue weighted by molar-refractivity contribution is 6.30. The number of nitrogens with zero attached hydrogens (tertiary/aromatic N) is 1. The van der Waals surface area contributed by atoms with Gasteiger partial charge in [0.2, 0.25) is 0 Å². The van der Waals surface area contributed by atoms with Crippen LogP contribution in [0.25, 0.3) is 0 Å². The van der Waals surface area contributed by atoms with E-state index in [9.17, 15) is 13.9 Å². The number of allylic oxidation sites excluding steroid dienone is 1. The van der Waals surface area contributed by atoms with E-state index in [0.29, 0.717) is 51.3 Å². The molecular formula is C87H145ClF2N14O2. The normalized spacial score (nSPS) is 13.0. The second kappa shape index (κ2) is 75.4. The van der Waals surface area contributed by atoms with Crippen LogP contribution in [0, 0.1) is 23.5 Å². The van der Waals surface area contributed by atoms with Gasteiger partial charge in [0.05, 0.1) is 12.2 Å². The van der Waals surface area contributed by atoms with E-state index in [0.717, 1.165) is 118 Å². The molecular weight excluding hydrogens is 1350 g/mol. The molecule has 6 aromatic carbocycles. The minimum atomic E-state index is -0.513. The molecule has 1 aromatic heterocycles. The first-order valence-electron chi connectivity index (χ1n) is 39.0. The second-order valence-electron chi connectivity index (χ2n) is 26.1. The van der Waals surface area contributed by atoms with Crippen molar-refractivity contribution in [2.24, 2.45) is 80.6 Å². The van der Waals surface area contributed by atoms with Gasteiger partial charge in [-0.05, 0) is 255 Å². The first kappa shape index (κ1) is 102. The van der Waals surface area contributed by atoms with Gasteiger partial charge in [-0.25, -0.2) is 8.78 Å². The summed E-state index contributed by atoms with van der Waals surface area (Å²) in [4.78, 5) is 3.95. The first-order valence-corrected chi connectivity index (χ1v) is 39.4. The topological polar surface area (TPSA) is 392 Å². The fourth-order valence-corrected chi connectivity index (χ4v) is 11.0. The maximum atomic E-state index is 12.7. The van der Waals surface area contributed by atoms with Gasteiger partial charge in [-0.1, -0.05) is 235 Å². The van der Waals surface area contributed by atoms with E-state index in [1.807, 2.05) is 128 Å². The lowest BCUT2D eigenvalue weighted by Crippen LogP contribution is -2.18. The number of aromatic nitrogens is 1. The Morgan fingerprint density at radius 3 is 1.27 bits per heavy atom. The van der Waals surface area contributed by atoms with Crippen molar-refractivity contribution in [3.8, 4) is 0 Å². The number of aliphatic hydroxyl groups excluding tert-OH is 2. The molecule has 3 aliphatic carbocycles. The number of halogens is 3. The van der Waals surface area contributed by atoms with Gasteiger partial charge >= 0.3 is 0 Å². The number of anilines is 1. The molecule has 19 heteroatoms. The number of benzene rings is 6. The van der Waals surface area contributed by atoms with E-state index in [1.54, 1.807) is 36.0 Å². The Hall–Kier alpha value is -6.40. The molecule has 2 fully saturated rings. The lowest BCUT2D eigenvalue weighted by Gasteiger charge is -2.20. The molecule has 596 valence electrons. The summed E-state index contributed by atoms with van der Waals surface area (Å²) in [6.07, 6.45) is 36.6. The maximum Gasteiger partial charge on any atom is 0.126 e. The summed E-state index contributed by atoms with van der Waals surface area (Å²) in [6, 6.07) is 52.2. The third-order valence-corrected chi connectivity index (χ3v) is 17.2. The van der Waals surface area contributed by atoms with E-state index in [-0.39, 0.29) is 24.3 Å². The van der Waals surface area contributed by atoms with Crippen molar-refractivity contribution < 1.29 is 19.0 Å². The van der Waals surface area contributed by atoms with E-state index < -0.39 is 6.10 Å². The molecule has 10 rings (SSSR count). The Balaban J connectivity index is 0. The van der Waals surface area contributed by atoms with Gasteiger partial charge in [-0.15, -0.1) is 0 Å². The van der Waals surface area contributed by atoms with E-state index in [2.05, 4.69) is 30.1 Å². The number of aliphatic hydroxyl groups is 2. The van der Waals surface area contributed by atoms with Crippen LogP contribution >= 0.6 is 11.6 Å². The molecule has 1 heterocycles. The average molecular weight is 1490 g/mol. The number of hydrogen-bond acceptors (Lipinski definition) is 16. The van der Waals surface area contributed by atoms with Gasteiger partial charge in [0.25, 0.3) is 0 Å². The zero-order valence-corrected chi connectivity index (χ0v) is 65.8. The Morgan fingerprint density at radius 1 is 0.434 bits per heavy atom. The fraction of sp³-hybridized carbons (Fsp3) is 0.506. The smallest absolute Gasteiger partial charge is 0.126 e. The number of hydrogen-bond donors (Lipinski definition) is 15. The van der Waals surface area contributed by atoms with Crippen LogP contribution in [0.15, 0.2) is 194 Å². The van der Waals surface area contributed by atoms with Crippen molar-refractivity contribution in [1.82, 2.24) is 4.98 Å². The Morgan fingerprint density at radius 2 is 0.877 bits per heavy atom. The van der Waals surface area contributed by atoms with Gasteiger partial charge in [0, 0.05) is 36.2 Å². The lowest BCUT2D eigenvalue weighted by molar-refractivity contribution is 0.172. The Bertz CT molecular complexity index is 2790. The van der Waals surface area contributed by atoms with E-state index in [1.165, 1.54) is 150 Å². The van der Waals surface area contributed by atoms with Gasteiger partial charge in [0.15, 0.2) is 0 Å². The molecule has 0 saturated heterocycles. The maximum absolute atomic E-state index is 12.7. The highest BCUT2D eigenvalue weighted by Gasteiger charge is 2.13. The lowest BCUT2D eigenvalue weighted by atomic mass is 9.87. The van der Waals surface area contributed by atoms with Crippen LogP contribution in [0.2, 0.25) is 5.02 Å². The number of unbranched alkanes of at least 4 members (excludes halogenated alkanes) is 2. The molecule has 16 nitrogen and oxygen atoms in total. The van der Waals surface area contributed by atoms with Crippen molar-refractivity contribution in [1.29, 1.82) is 0 Å². The molecule has 0 bridgehead atoms. The van der Waals surface area contributed by atoms with Gasteiger partial charge in [0.1, 0.15) is 11.6 Å². The van der Waals surface area contributed by atoms with E-state index >= 15 is 0 Å². The largest absolute Gasteiger partial charge is 0.399 e. The summed E-state index contributed by atoms with van der Waals surface area (Å²) >= 11 is 5.68. The van der Waals surface area contributed by atoms with Crippen LogP contribution in [0.1, 0.15) is 187 Å². The van der Waals surface area contributed by atoms with E-state index in [4.69, 9.17) is 91.2 Å². The van der Waals surface area contributed by atoms with Gasteiger partial charge in [-0.3, -0.25) is 4.98 Å². The van der Waals surface area contributed by atoms with Crippen LogP contribution in [-0.2, 0) is 38.5 Å². The van der Waals surface area contributed by atoms with Crippen LogP contribution in [-0.4, -0.2) is 99.8 Å². The highest BCUT2D eigenvalue weighted by atomic mass is 35.5. The molecule has 106 heavy (non-hydrogen) atoms. The second-order valence-corrected chi connectivity index (χ2v) is 26.5. The molecule has 0 spiro atoms. The minimum absolute atomic E-state index is 0.159. The predicted octanol–water partition coefficient (Wildman–Crippen LogP) is 13.8. The third-order valence-electron chi connectivity index (χ3n) is 17.0. The summed E-state index contributed by atoms with van der Waals surface area (Å²) in [5, 5.41) is 18.7. The van der Waals surface area contributed by atoms with Crippen LogP contribution in [0.3, 0.4) is 0 Å². The zero-order chi connectivity index (χ0) is 78.7. The molecule has 0 amide bonds. The summed E-state index contributed by atoms with van der Waals surface area (Å²) in [7, 11) is 0. The van der Waals surface area contributed by atoms with Crippen molar-refractivity contribution in [3.63, 3.8) is 0 Å². The quantitative estimate of drug-likeness (QED) is 0.0136. The van der Waals surface area contributed by atoms with Crippen molar-refractivity contribution >= 4 is 17.3 Å². The Labute approximate surface area is 645 Å². The zero-order valence-electron chi connectivity index (χ0n) is 65.1. The molecule has 0 aliphatic heterocycles. The predicted molar refractivity (Wildman–Crippen MR) is 453 cm³/mol. The van der Waals surface area contributed by atoms with Gasteiger partial charge in [-0.2, -0.15) is 0 Å². The molecule has 7 aromatic rings. The molecule has 28 N–H and O–H groups in total. The first-order chi connectivity index (χ1) is 51.5. The average Bonchev–Trinajstić information content (AvgIpc) is 1.03. The number of nitrogens with two attached hydrogens (primary N) is 13. The standard InChI is InChI=1S/C8H10ClN.2C8H10FN.C8H12N2.C8H11NO.C8H17N.C8H11N.C7H10N2.C7H15N.C7H13N.C5H13NO.C5H13N/c2*9-8-3-1-7(2-4-8)5-6-10;9-8-4-2-1-3-7(8)5-6-10;9-6-5-7-1-3-8(10)4-2-7;9-6-8(10)7-4-2-1-3-5-7;2*9-7-6-8-4-2-1-3-5-8;8-4-3-7-2-1-5-9-6-7;2*8-6-5-7-3-1-2-4-7;1-2-3-5(7)4-6;1-2-3-4-5-6/h3*1-4H,5-6,10H2;1-4H,5-6,9-10H2;1-5,8,10H,6,9H2;8H,1-7,9H2;1-5H,6-7,9H2;1-2,5-6H,3-4,8H2;7H,1-6,8H2;3H,1-2,4-6,8H2;5,7H,2-4,6H2,1H3;2-6H2,1H3. The number of rotatable bonds is 26. The van der Waals surface area contributed by atoms with Crippen molar-refractivity contribution in [2.75, 3.05) is 84.3 Å². The highest BCUT2D eigenvalue weighted by Crippen LogP contribution is 2.27. The number of pyridine rings is 1. The summed E-state index contributed by atoms with van der Waals surface area (Å²) < 4.78 is 25.0. The molecule has 2 atom stereocenters. The molecule has 3 aliphatic rings. The summed E-state index contributed by atoms with van der Waals surface area (Å²) in [6.45, 7) is 12.3. The van der Waals surface area contributed by atoms with Crippen molar-refractivity contribution in [2.45, 2.75) is 193 Å². The van der Waals surface area contributed by atoms with Gasteiger partial charge < -0.3 is 84.8 Å². The van der Waals surface area contributed by atoms with Crippen LogP contribution < -0.4 is 74.5 Å². The summed E-state index contributed by atoms with van der Waals surface area (Å²) in [5.74, 6) is 1.61. The Kier molecular flexibility index (Phi) is 72.3. The van der Waals surface area contributed by atoms with Crippen molar-refractivity contribution in [3.05, 3.63) is 250 Å². The molecule has 2 unspecified atom stereocenters. The molecule has 0 radical (unpaired) electrons. The third kappa shape index (κ3) is 61.6. The minimum Gasteiger partial charge on any atom is -0.399 e. The van der Waals surface area contributed by atoms with Crippen LogP contribution in [0.4, 0.5) is 14.5 Å². The van der Waals surface area contributed by atoms with Crippen LogP contribution in [0.5, 0.6) is 0 Å². The summed E-state index contributed by atoms with van der Waals surface area (Å²) in [5.41, 5.74) is 79.4. The fourth-order valence-electron chi connectivity index (χ4n) is 10.9. The monoisotopic (exact) mass is 1490 g/mol.